The largest absolute Gasteiger partial charge is 0.454 e. The Morgan fingerprint density at radius 2 is 2.16 bits per heavy atom. The van der Waals surface area contributed by atoms with Crippen molar-refractivity contribution in [1.29, 1.82) is 0 Å². The molecule has 1 atom stereocenters. The van der Waals surface area contributed by atoms with Gasteiger partial charge in [-0.15, -0.1) is 0 Å². The van der Waals surface area contributed by atoms with Crippen LogP contribution in [-0.2, 0) is 11.3 Å². The molecule has 0 radical (unpaired) electrons. The molecule has 1 aliphatic heterocycles. The van der Waals surface area contributed by atoms with Crippen LogP contribution in [0.4, 0.5) is 0 Å². The van der Waals surface area contributed by atoms with Crippen molar-refractivity contribution in [2.24, 2.45) is 0 Å². The summed E-state index contributed by atoms with van der Waals surface area (Å²) in [5.74, 6) is 1.07. The molecular formula is C17H16N4O4. The van der Waals surface area contributed by atoms with Gasteiger partial charge in [0.25, 0.3) is 5.56 Å². The monoisotopic (exact) mass is 340 g/mol. The highest BCUT2D eigenvalue weighted by Crippen LogP contribution is 2.32. The van der Waals surface area contributed by atoms with Gasteiger partial charge in [-0.2, -0.15) is 5.10 Å². The van der Waals surface area contributed by atoms with E-state index in [-0.39, 0.29) is 18.3 Å². The highest BCUT2D eigenvalue weighted by Gasteiger charge is 2.19. The summed E-state index contributed by atoms with van der Waals surface area (Å²) in [5, 5.41) is 6.89. The third-order valence-corrected chi connectivity index (χ3v) is 4.16. The number of fused-ring (bicyclic) bond motifs is 2. The average Bonchev–Trinajstić information content (AvgIpc) is 3.28. The fourth-order valence-electron chi connectivity index (χ4n) is 2.73. The molecule has 3 heterocycles. The molecule has 1 unspecified atom stereocenters. The van der Waals surface area contributed by atoms with Crippen LogP contribution in [0.25, 0.3) is 5.52 Å². The number of nitrogens with one attached hydrogen (secondary N) is 1. The molecule has 8 heteroatoms. The Labute approximate surface area is 142 Å². The zero-order valence-corrected chi connectivity index (χ0v) is 13.5. The standard InChI is InChI=1S/C17H16N4O4/c1-11(21-17(23)13-3-2-6-20(13)9-19-21)16(22)18-8-12-4-5-14-15(7-12)25-10-24-14/h2-7,9,11H,8,10H2,1H3,(H,18,22). The maximum Gasteiger partial charge on any atom is 0.291 e. The van der Waals surface area contributed by atoms with Crippen LogP contribution in [-0.4, -0.2) is 26.9 Å². The van der Waals surface area contributed by atoms with Crippen molar-refractivity contribution in [1.82, 2.24) is 19.5 Å². The lowest BCUT2D eigenvalue weighted by atomic mass is 10.2. The van der Waals surface area contributed by atoms with E-state index in [1.54, 1.807) is 35.7 Å². The second-order valence-electron chi connectivity index (χ2n) is 5.76. The number of benzene rings is 1. The smallest absolute Gasteiger partial charge is 0.291 e. The maximum atomic E-state index is 12.4. The predicted molar refractivity (Wildman–Crippen MR) is 88.6 cm³/mol. The first kappa shape index (κ1) is 15.3. The van der Waals surface area contributed by atoms with Gasteiger partial charge in [-0.1, -0.05) is 6.07 Å². The lowest BCUT2D eigenvalue weighted by molar-refractivity contribution is -0.124. The molecule has 3 aromatic rings. The van der Waals surface area contributed by atoms with Gasteiger partial charge >= 0.3 is 0 Å². The topological polar surface area (TPSA) is 86.9 Å². The second-order valence-corrected chi connectivity index (χ2v) is 5.76. The number of carbonyl (C=O) groups excluding carboxylic acids is 1. The van der Waals surface area contributed by atoms with Gasteiger partial charge in [0, 0.05) is 12.7 Å². The van der Waals surface area contributed by atoms with Gasteiger partial charge in [0.15, 0.2) is 11.5 Å². The Hall–Kier alpha value is -3.29. The van der Waals surface area contributed by atoms with Crippen molar-refractivity contribution in [2.45, 2.75) is 19.5 Å². The fraction of sp³-hybridized carbons (Fsp3) is 0.235. The molecule has 1 N–H and O–H groups in total. The van der Waals surface area contributed by atoms with E-state index in [4.69, 9.17) is 9.47 Å². The normalized spacial score (nSPS) is 13.8. The van der Waals surface area contributed by atoms with E-state index in [2.05, 4.69) is 10.4 Å². The highest BCUT2D eigenvalue weighted by molar-refractivity contribution is 5.79. The van der Waals surface area contributed by atoms with Gasteiger partial charge in [0.1, 0.15) is 17.9 Å². The van der Waals surface area contributed by atoms with Crippen LogP contribution >= 0.6 is 0 Å². The lowest BCUT2D eigenvalue weighted by Gasteiger charge is -2.14. The lowest BCUT2D eigenvalue weighted by Crippen LogP contribution is -2.37. The van der Waals surface area contributed by atoms with Gasteiger partial charge < -0.3 is 19.2 Å². The number of rotatable bonds is 4. The maximum absolute atomic E-state index is 12.4. The minimum atomic E-state index is -0.721. The van der Waals surface area contributed by atoms with Crippen molar-refractivity contribution in [2.75, 3.05) is 6.79 Å². The second kappa shape index (κ2) is 5.97. The summed E-state index contributed by atoms with van der Waals surface area (Å²) in [5.41, 5.74) is 1.05. The number of hydrogen-bond donors (Lipinski definition) is 1. The van der Waals surface area contributed by atoms with Crippen molar-refractivity contribution < 1.29 is 14.3 Å². The minimum Gasteiger partial charge on any atom is -0.454 e. The summed E-state index contributed by atoms with van der Waals surface area (Å²) < 4.78 is 13.4. The molecule has 4 rings (SSSR count). The fourth-order valence-corrected chi connectivity index (χ4v) is 2.73. The van der Waals surface area contributed by atoms with Gasteiger partial charge in [-0.25, -0.2) is 4.68 Å². The molecule has 25 heavy (non-hydrogen) atoms. The van der Waals surface area contributed by atoms with Crippen molar-refractivity contribution >= 4 is 11.4 Å². The summed E-state index contributed by atoms with van der Waals surface area (Å²) in [7, 11) is 0. The number of aromatic nitrogens is 3. The molecule has 1 amide bonds. The zero-order chi connectivity index (χ0) is 17.4. The number of hydrogen-bond acceptors (Lipinski definition) is 5. The van der Waals surface area contributed by atoms with E-state index < -0.39 is 6.04 Å². The molecule has 1 aliphatic rings. The van der Waals surface area contributed by atoms with Gasteiger partial charge in [0.2, 0.25) is 12.7 Å². The average molecular weight is 340 g/mol. The van der Waals surface area contributed by atoms with Crippen LogP contribution in [0.5, 0.6) is 11.5 Å². The third kappa shape index (κ3) is 2.71. The molecule has 0 saturated heterocycles. The summed E-state index contributed by atoms with van der Waals surface area (Å²) in [4.78, 5) is 24.8. The quantitative estimate of drug-likeness (QED) is 0.769. The SMILES string of the molecule is CC(C(=O)NCc1ccc2c(c1)OCO2)n1ncn2cccc2c1=O. The van der Waals surface area contributed by atoms with Crippen LogP contribution in [0.3, 0.4) is 0 Å². The molecule has 2 aromatic heterocycles. The van der Waals surface area contributed by atoms with Crippen LogP contribution < -0.4 is 20.3 Å². The Bertz CT molecular complexity index is 1010. The first-order valence-electron chi connectivity index (χ1n) is 7.84. The van der Waals surface area contributed by atoms with Crippen molar-refractivity contribution in [3.63, 3.8) is 0 Å². The molecule has 0 bridgehead atoms. The molecule has 0 spiro atoms. The predicted octanol–water partition coefficient (Wildman–Crippen LogP) is 1.10. The highest BCUT2D eigenvalue weighted by atomic mass is 16.7. The third-order valence-electron chi connectivity index (χ3n) is 4.16. The summed E-state index contributed by atoms with van der Waals surface area (Å²) in [6, 6.07) is 8.21. The van der Waals surface area contributed by atoms with Crippen molar-refractivity contribution in [3.05, 3.63) is 58.8 Å². The van der Waals surface area contributed by atoms with Crippen LogP contribution in [0.2, 0.25) is 0 Å². The van der Waals surface area contributed by atoms with E-state index in [9.17, 15) is 9.59 Å². The summed E-state index contributed by atoms with van der Waals surface area (Å²) in [6.45, 7) is 2.17. The Balaban J connectivity index is 1.48. The van der Waals surface area contributed by atoms with Gasteiger partial charge in [0.05, 0.1) is 0 Å². The van der Waals surface area contributed by atoms with Crippen molar-refractivity contribution in [3.8, 4) is 11.5 Å². The molecular weight excluding hydrogens is 324 g/mol. The number of amides is 1. The Morgan fingerprint density at radius 1 is 1.32 bits per heavy atom. The van der Waals surface area contributed by atoms with E-state index in [1.807, 2.05) is 12.1 Å². The van der Waals surface area contributed by atoms with Crippen LogP contribution in [0, 0.1) is 0 Å². The van der Waals surface area contributed by atoms with E-state index >= 15 is 0 Å². The molecule has 0 saturated carbocycles. The number of nitrogens with zero attached hydrogens (tertiary/aromatic N) is 3. The summed E-state index contributed by atoms with van der Waals surface area (Å²) in [6.07, 6.45) is 3.25. The molecule has 0 fully saturated rings. The van der Waals surface area contributed by atoms with E-state index in [0.717, 1.165) is 5.56 Å². The van der Waals surface area contributed by atoms with Gasteiger partial charge in [-0.05, 0) is 36.8 Å². The molecule has 0 aliphatic carbocycles. The van der Waals surface area contributed by atoms with Gasteiger partial charge in [-0.3, -0.25) is 9.59 Å². The first-order valence-corrected chi connectivity index (χ1v) is 7.84. The Kier molecular flexibility index (Phi) is 3.64. The van der Waals surface area contributed by atoms with E-state index in [0.29, 0.717) is 23.6 Å². The number of carbonyl (C=O) groups is 1. The van der Waals surface area contributed by atoms with Crippen LogP contribution in [0.1, 0.15) is 18.5 Å². The van der Waals surface area contributed by atoms with E-state index in [1.165, 1.54) is 11.0 Å². The number of ether oxygens (including phenoxy) is 2. The first-order chi connectivity index (χ1) is 12.1. The summed E-state index contributed by atoms with van der Waals surface area (Å²) >= 11 is 0. The minimum absolute atomic E-state index is 0.207. The zero-order valence-electron chi connectivity index (χ0n) is 13.5. The molecule has 1 aromatic carbocycles. The Morgan fingerprint density at radius 3 is 3.04 bits per heavy atom. The van der Waals surface area contributed by atoms with Crippen LogP contribution in [0.15, 0.2) is 47.7 Å². The molecule has 8 nitrogen and oxygen atoms in total. The molecule has 128 valence electrons.